The third-order valence-electron chi connectivity index (χ3n) is 2.76. The van der Waals surface area contributed by atoms with Crippen LogP contribution >= 0.6 is 15.9 Å². The lowest BCUT2D eigenvalue weighted by molar-refractivity contribution is 0.201. The number of nitrogens with one attached hydrogen (secondary N) is 1. The lowest BCUT2D eigenvalue weighted by Gasteiger charge is -2.15. The van der Waals surface area contributed by atoms with Crippen molar-refractivity contribution >= 4 is 15.9 Å². The summed E-state index contributed by atoms with van der Waals surface area (Å²) < 4.78 is 6.11. The maximum Gasteiger partial charge on any atom is 0.133 e. The molecule has 0 fully saturated rings. The number of methoxy groups -OCH3 is 1. The minimum atomic E-state index is -0.0308. The fourth-order valence-corrected chi connectivity index (χ4v) is 2.29. The number of ether oxygens (including phenoxy) is 1. The summed E-state index contributed by atoms with van der Waals surface area (Å²) in [6.07, 6.45) is 1.44. The van der Waals surface area contributed by atoms with Crippen LogP contribution in [0.15, 0.2) is 22.7 Å². The van der Waals surface area contributed by atoms with Crippen LogP contribution in [-0.4, -0.2) is 43.1 Å². The van der Waals surface area contributed by atoms with Crippen molar-refractivity contribution in [2.24, 2.45) is 0 Å². The van der Waals surface area contributed by atoms with E-state index in [0.29, 0.717) is 6.42 Å². The third-order valence-corrected chi connectivity index (χ3v) is 3.38. The molecule has 0 saturated carbocycles. The zero-order valence-electron chi connectivity index (χ0n) is 10.5. The highest BCUT2D eigenvalue weighted by molar-refractivity contribution is 9.10. The van der Waals surface area contributed by atoms with Gasteiger partial charge in [-0.25, -0.2) is 0 Å². The molecule has 18 heavy (non-hydrogen) atoms. The molecule has 102 valence electrons. The summed E-state index contributed by atoms with van der Waals surface area (Å²) in [7, 11) is 1.64. The van der Waals surface area contributed by atoms with Gasteiger partial charge in [0.05, 0.1) is 18.2 Å². The predicted molar refractivity (Wildman–Crippen MR) is 75.0 cm³/mol. The van der Waals surface area contributed by atoms with E-state index < -0.39 is 0 Å². The van der Waals surface area contributed by atoms with Gasteiger partial charge < -0.3 is 20.3 Å². The van der Waals surface area contributed by atoms with E-state index in [9.17, 15) is 0 Å². The van der Waals surface area contributed by atoms with Gasteiger partial charge in [0, 0.05) is 12.6 Å². The molecule has 0 spiro atoms. The Morgan fingerprint density at radius 1 is 1.39 bits per heavy atom. The standard InChI is InChI=1S/C13H20BrNO3/c1-18-13-3-2-10(8-12(13)14)4-6-15-11(9-17)5-7-16/h2-3,8,11,15-17H,4-7,9H2,1H3. The smallest absolute Gasteiger partial charge is 0.133 e. The molecule has 4 nitrogen and oxygen atoms in total. The van der Waals surface area contributed by atoms with Gasteiger partial charge >= 0.3 is 0 Å². The molecular weight excluding hydrogens is 298 g/mol. The Morgan fingerprint density at radius 3 is 2.72 bits per heavy atom. The van der Waals surface area contributed by atoms with Crippen LogP contribution in [0, 0.1) is 0 Å². The van der Waals surface area contributed by atoms with Gasteiger partial charge in [-0.2, -0.15) is 0 Å². The molecule has 1 unspecified atom stereocenters. The average Bonchev–Trinajstić information content (AvgIpc) is 2.38. The van der Waals surface area contributed by atoms with E-state index >= 15 is 0 Å². The zero-order valence-corrected chi connectivity index (χ0v) is 12.1. The van der Waals surface area contributed by atoms with Crippen molar-refractivity contribution in [2.45, 2.75) is 18.9 Å². The van der Waals surface area contributed by atoms with E-state index in [-0.39, 0.29) is 19.3 Å². The van der Waals surface area contributed by atoms with Crippen LogP contribution in [0.1, 0.15) is 12.0 Å². The quantitative estimate of drug-likeness (QED) is 0.677. The first-order valence-corrected chi connectivity index (χ1v) is 6.78. The Morgan fingerprint density at radius 2 is 2.17 bits per heavy atom. The molecule has 3 N–H and O–H groups in total. The maximum absolute atomic E-state index is 9.07. The molecule has 1 atom stereocenters. The van der Waals surface area contributed by atoms with Crippen molar-refractivity contribution < 1.29 is 14.9 Å². The molecular formula is C13H20BrNO3. The number of benzene rings is 1. The minimum absolute atomic E-state index is 0.0308. The largest absolute Gasteiger partial charge is 0.496 e. The Kier molecular flexibility index (Phi) is 7.27. The van der Waals surface area contributed by atoms with Crippen LogP contribution in [-0.2, 0) is 6.42 Å². The monoisotopic (exact) mass is 317 g/mol. The molecule has 0 radical (unpaired) electrons. The molecule has 0 aliphatic heterocycles. The number of hydrogen-bond acceptors (Lipinski definition) is 4. The van der Waals surface area contributed by atoms with Gasteiger partial charge in [-0.05, 0) is 53.0 Å². The molecule has 0 aliphatic carbocycles. The highest BCUT2D eigenvalue weighted by Crippen LogP contribution is 2.25. The second-order valence-electron chi connectivity index (χ2n) is 4.06. The summed E-state index contributed by atoms with van der Waals surface area (Å²) in [5.74, 6) is 0.820. The van der Waals surface area contributed by atoms with Crippen molar-refractivity contribution in [3.63, 3.8) is 0 Å². The second-order valence-corrected chi connectivity index (χ2v) is 4.92. The minimum Gasteiger partial charge on any atom is -0.496 e. The lowest BCUT2D eigenvalue weighted by Crippen LogP contribution is -2.34. The van der Waals surface area contributed by atoms with Crippen LogP contribution in [0.4, 0.5) is 0 Å². The van der Waals surface area contributed by atoms with E-state index in [2.05, 4.69) is 21.2 Å². The van der Waals surface area contributed by atoms with Crippen molar-refractivity contribution in [1.82, 2.24) is 5.32 Å². The van der Waals surface area contributed by atoms with E-state index in [1.165, 1.54) is 5.56 Å². The predicted octanol–water partition coefficient (Wildman–Crippen LogP) is 1.33. The van der Waals surface area contributed by atoms with Crippen molar-refractivity contribution in [2.75, 3.05) is 26.9 Å². The van der Waals surface area contributed by atoms with Crippen LogP contribution in [0.3, 0.4) is 0 Å². The topological polar surface area (TPSA) is 61.7 Å². The van der Waals surface area contributed by atoms with Crippen molar-refractivity contribution in [3.8, 4) is 5.75 Å². The first-order chi connectivity index (χ1) is 8.71. The first kappa shape index (κ1) is 15.4. The molecule has 0 amide bonds. The molecule has 0 saturated heterocycles. The van der Waals surface area contributed by atoms with Gasteiger partial charge in [-0.3, -0.25) is 0 Å². The normalized spacial score (nSPS) is 12.4. The maximum atomic E-state index is 9.07. The number of aliphatic hydroxyl groups excluding tert-OH is 2. The van der Waals surface area contributed by atoms with Gasteiger partial charge in [0.2, 0.25) is 0 Å². The van der Waals surface area contributed by atoms with Gasteiger partial charge in [0.1, 0.15) is 5.75 Å². The average molecular weight is 318 g/mol. The SMILES string of the molecule is COc1ccc(CCNC(CO)CCO)cc1Br. The molecule has 0 aliphatic rings. The molecule has 1 rings (SSSR count). The fraction of sp³-hybridized carbons (Fsp3) is 0.538. The van der Waals surface area contributed by atoms with Crippen LogP contribution in [0.5, 0.6) is 5.75 Å². The molecule has 0 heterocycles. The van der Waals surface area contributed by atoms with Gasteiger partial charge in [0.15, 0.2) is 0 Å². The second kappa shape index (κ2) is 8.48. The Balaban J connectivity index is 2.41. The number of halogens is 1. The van der Waals surface area contributed by atoms with Crippen LogP contribution in [0.2, 0.25) is 0 Å². The molecule has 1 aromatic rings. The molecule has 1 aromatic carbocycles. The van der Waals surface area contributed by atoms with E-state index in [4.69, 9.17) is 14.9 Å². The summed E-state index contributed by atoms with van der Waals surface area (Å²) in [5, 5.41) is 21.1. The third kappa shape index (κ3) is 4.94. The van der Waals surface area contributed by atoms with E-state index in [0.717, 1.165) is 23.2 Å². The number of hydrogen-bond donors (Lipinski definition) is 3. The summed E-state index contributed by atoms with van der Waals surface area (Å²) in [5.41, 5.74) is 1.19. The van der Waals surface area contributed by atoms with E-state index in [1.54, 1.807) is 7.11 Å². The zero-order chi connectivity index (χ0) is 13.4. The number of rotatable bonds is 8. The number of aliphatic hydroxyl groups is 2. The highest BCUT2D eigenvalue weighted by atomic mass is 79.9. The van der Waals surface area contributed by atoms with Gasteiger partial charge in [0.25, 0.3) is 0 Å². The fourth-order valence-electron chi connectivity index (χ4n) is 1.70. The van der Waals surface area contributed by atoms with Gasteiger partial charge in [-0.15, -0.1) is 0 Å². The summed E-state index contributed by atoms with van der Waals surface area (Å²) in [6, 6.07) is 5.94. The summed E-state index contributed by atoms with van der Waals surface area (Å²) >= 11 is 3.45. The van der Waals surface area contributed by atoms with E-state index in [1.807, 2.05) is 18.2 Å². The Bertz CT molecular complexity index is 360. The van der Waals surface area contributed by atoms with Crippen molar-refractivity contribution in [1.29, 1.82) is 0 Å². The Labute approximate surface area is 116 Å². The van der Waals surface area contributed by atoms with Crippen LogP contribution in [0.25, 0.3) is 0 Å². The first-order valence-electron chi connectivity index (χ1n) is 5.98. The lowest BCUT2D eigenvalue weighted by atomic mass is 10.1. The molecule has 0 aromatic heterocycles. The van der Waals surface area contributed by atoms with Gasteiger partial charge in [-0.1, -0.05) is 6.07 Å². The summed E-state index contributed by atoms with van der Waals surface area (Å²) in [6.45, 7) is 0.906. The molecule has 5 heteroatoms. The summed E-state index contributed by atoms with van der Waals surface area (Å²) in [4.78, 5) is 0. The molecule has 0 bridgehead atoms. The van der Waals surface area contributed by atoms with Crippen molar-refractivity contribution in [3.05, 3.63) is 28.2 Å². The van der Waals surface area contributed by atoms with Crippen LogP contribution < -0.4 is 10.1 Å². The Hall–Kier alpha value is -0.620. The highest BCUT2D eigenvalue weighted by Gasteiger charge is 2.06.